The fraction of sp³-hybridized carbons (Fsp3) is 0.231. The molecule has 0 aliphatic carbocycles. The van der Waals surface area contributed by atoms with Gasteiger partial charge in [0, 0.05) is 5.69 Å². The van der Waals surface area contributed by atoms with Crippen LogP contribution in [0.1, 0.15) is 12.0 Å². The fourth-order valence-electron chi connectivity index (χ4n) is 1.20. The Morgan fingerprint density at radius 1 is 1.59 bits per heavy atom. The number of nitrogens with one attached hydrogen (secondary N) is 1. The molecule has 0 fully saturated rings. The lowest BCUT2D eigenvalue weighted by molar-refractivity contribution is -0.120. The molecule has 0 aliphatic heterocycles. The summed E-state index contributed by atoms with van der Waals surface area (Å²) in [6.45, 7) is 4.04. The topological polar surface area (TPSA) is 62.1 Å². The molecule has 0 unspecified atom stereocenters. The number of ether oxygens (including phenoxy) is 1. The van der Waals surface area contributed by atoms with Crippen molar-refractivity contribution in [3.63, 3.8) is 0 Å². The number of nitrogens with zero attached hydrogens (tertiary/aromatic N) is 1. The van der Waals surface area contributed by atoms with Gasteiger partial charge in [-0.25, -0.2) is 0 Å². The van der Waals surface area contributed by atoms with E-state index in [0.29, 0.717) is 17.9 Å². The molecule has 17 heavy (non-hydrogen) atoms. The Labute approximate surface area is 101 Å². The summed E-state index contributed by atoms with van der Waals surface area (Å²) < 4.78 is 5.12. The van der Waals surface area contributed by atoms with Crippen LogP contribution in [0.3, 0.4) is 0 Å². The Balaban J connectivity index is 2.40. The van der Waals surface area contributed by atoms with Crippen LogP contribution in [0.4, 0.5) is 5.69 Å². The molecule has 0 aliphatic rings. The van der Waals surface area contributed by atoms with Crippen molar-refractivity contribution >= 4 is 11.6 Å². The molecule has 0 spiro atoms. The molecule has 4 nitrogen and oxygen atoms in total. The maximum atomic E-state index is 11.4. The van der Waals surface area contributed by atoms with E-state index in [4.69, 9.17) is 10.00 Å². The first-order valence-electron chi connectivity index (χ1n) is 5.25. The van der Waals surface area contributed by atoms with Gasteiger partial charge in [0.1, 0.15) is 6.61 Å². The van der Waals surface area contributed by atoms with Crippen LogP contribution in [-0.2, 0) is 9.53 Å². The highest BCUT2D eigenvalue weighted by atomic mass is 16.5. The minimum Gasteiger partial charge on any atom is -0.371 e. The molecule has 1 amide bonds. The van der Waals surface area contributed by atoms with Crippen molar-refractivity contribution in [1.82, 2.24) is 0 Å². The number of hydrogen-bond donors (Lipinski definition) is 1. The van der Waals surface area contributed by atoms with Gasteiger partial charge in [-0.05, 0) is 24.6 Å². The number of amides is 1. The average molecular weight is 230 g/mol. The first kappa shape index (κ1) is 12.9. The highest BCUT2D eigenvalue weighted by molar-refractivity contribution is 5.91. The van der Waals surface area contributed by atoms with E-state index < -0.39 is 0 Å². The van der Waals surface area contributed by atoms with E-state index in [2.05, 4.69) is 11.9 Å². The van der Waals surface area contributed by atoms with E-state index in [1.54, 1.807) is 30.3 Å². The molecule has 0 saturated carbocycles. The Bertz CT molecular complexity index is 435. The first-order chi connectivity index (χ1) is 8.26. The van der Waals surface area contributed by atoms with Crippen LogP contribution in [0.2, 0.25) is 0 Å². The first-order valence-corrected chi connectivity index (χ1v) is 5.25. The predicted octanol–water partition coefficient (Wildman–Crippen LogP) is 2.09. The molecule has 1 aromatic carbocycles. The number of hydrogen-bond acceptors (Lipinski definition) is 3. The lowest BCUT2D eigenvalue weighted by atomic mass is 10.2. The summed E-state index contributed by atoms with van der Waals surface area (Å²) in [4.78, 5) is 11.4. The number of rotatable bonds is 6. The number of carbonyl (C=O) groups excluding carboxylic acids is 1. The summed E-state index contributed by atoms with van der Waals surface area (Å²) in [5.74, 6) is -0.232. The lowest BCUT2D eigenvalue weighted by Gasteiger charge is -2.05. The van der Waals surface area contributed by atoms with Crippen molar-refractivity contribution in [1.29, 1.82) is 5.26 Å². The van der Waals surface area contributed by atoms with E-state index in [1.165, 1.54) is 0 Å². The molecule has 1 aromatic rings. The van der Waals surface area contributed by atoms with Crippen LogP contribution in [0.15, 0.2) is 36.9 Å². The maximum absolute atomic E-state index is 11.4. The molecule has 4 heteroatoms. The van der Waals surface area contributed by atoms with Crippen molar-refractivity contribution < 1.29 is 9.53 Å². The molecule has 0 saturated heterocycles. The third kappa shape index (κ3) is 4.96. The lowest BCUT2D eigenvalue weighted by Crippen LogP contribution is -2.18. The van der Waals surface area contributed by atoms with Crippen LogP contribution in [0.5, 0.6) is 0 Å². The zero-order valence-electron chi connectivity index (χ0n) is 9.48. The van der Waals surface area contributed by atoms with E-state index in [9.17, 15) is 4.79 Å². The minimum atomic E-state index is -0.232. The summed E-state index contributed by atoms with van der Waals surface area (Å²) in [5.41, 5.74) is 1.11. The van der Waals surface area contributed by atoms with Crippen LogP contribution in [-0.4, -0.2) is 19.1 Å². The second-order valence-electron chi connectivity index (χ2n) is 3.37. The Hall–Kier alpha value is -2.12. The van der Waals surface area contributed by atoms with E-state index in [0.717, 1.165) is 6.42 Å². The van der Waals surface area contributed by atoms with Gasteiger partial charge in [0.15, 0.2) is 0 Å². The molecule has 0 bridgehead atoms. The van der Waals surface area contributed by atoms with Gasteiger partial charge in [0.05, 0.1) is 18.2 Å². The maximum Gasteiger partial charge on any atom is 0.250 e. The highest BCUT2D eigenvalue weighted by Crippen LogP contribution is 2.09. The number of benzene rings is 1. The third-order valence-electron chi connectivity index (χ3n) is 1.97. The van der Waals surface area contributed by atoms with Gasteiger partial charge >= 0.3 is 0 Å². The van der Waals surface area contributed by atoms with Crippen molar-refractivity contribution in [2.24, 2.45) is 0 Å². The van der Waals surface area contributed by atoms with Gasteiger partial charge in [-0.1, -0.05) is 12.1 Å². The highest BCUT2D eigenvalue weighted by Gasteiger charge is 2.02. The normalized spacial score (nSPS) is 9.35. The van der Waals surface area contributed by atoms with E-state index in [-0.39, 0.29) is 12.5 Å². The van der Waals surface area contributed by atoms with Crippen molar-refractivity contribution in [3.8, 4) is 6.07 Å². The number of anilines is 1. The summed E-state index contributed by atoms with van der Waals surface area (Å²) in [6, 6.07) is 8.74. The van der Waals surface area contributed by atoms with Crippen LogP contribution in [0, 0.1) is 11.3 Å². The van der Waals surface area contributed by atoms with Gasteiger partial charge < -0.3 is 10.1 Å². The predicted molar refractivity (Wildman–Crippen MR) is 65.4 cm³/mol. The van der Waals surface area contributed by atoms with Crippen molar-refractivity contribution in [3.05, 3.63) is 42.5 Å². The molecular formula is C13H14N2O2. The van der Waals surface area contributed by atoms with Crippen molar-refractivity contribution in [2.45, 2.75) is 6.42 Å². The molecule has 0 radical (unpaired) electrons. The largest absolute Gasteiger partial charge is 0.371 e. The molecule has 0 heterocycles. The molecule has 1 rings (SSSR count). The Morgan fingerprint density at radius 3 is 3.12 bits per heavy atom. The summed E-state index contributed by atoms with van der Waals surface area (Å²) in [7, 11) is 0. The average Bonchev–Trinajstić information content (AvgIpc) is 2.35. The second kappa shape index (κ2) is 7.20. The van der Waals surface area contributed by atoms with E-state index in [1.807, 2.05) is 6.07 Å². The SMILES string of the molecule is C=CCCOCC(=O)Nc1cccc(C#N)c1. The zero-order chi connectivity index (χ0) is 12.5. The summed E-state index contributed by atoms with van der Waals surface area (Å²) in [6.07, 6.45) is 2.45. The monoisotopic (exact) mass is 230 g/mol. The van der Waals surface area contributed by atoms with Gasteiger partial charge in [0.25, 0.3) is 0 Å². The number of carbonyl (C=O) groups is 1. The Kier molecular flexibility index (Phi) is 5.49. The zero-order valence-corrected chi connectivity index (χ0v) is 9.48. The molecule has 0 atom stereocenters. The summed E-state index contributed by atoms with van der Waals surface area (Å²) >= 11 is 0. The summed E-state index contributed by atoms with van der Waals surface area (Å²) in [5, 5.41) is 11.4. The standard InChI is InChI=1S/C13H14N2O2/c1-2-3-7-17-10-13(16)15-12-6-4-5-11(8-12)9-14/h2,4-6,8H,1,3,7,10H2,(H,15,16). The fourth-order valence-corrected chi connectivity index (χ4v) is 1.20. The Morgan fingerprint density at radius 2 is 2.41 bits per heavy atom. The smallest absolute Gasteiger partial charge is 0.250 e. The molecule has 1 N–H and O–H groups in total. The quantitative estimate of drug-likeness (QED) is 0.601. The van der Waals surface area contributed by atoms with Crippen LogP contribution >= 0.6 is 0 Å². The minimum absolute atomic E-state index is 0.00458. The van der Waals surface area contributed by atoms with Gasteiger partial charge in [-0.3, -0.25) is 4.79 Å². The van der Waals surface area contributed by atoms with Crippen LogP contribution in [0.25, 0.3) is 0 Å². The third-order valence-corrected chi connectivity index (χ3v) is 1.97. The molecular weight excluding hydrogens is 216 g/mol. The second-order valence-corrected chi connectivity index (χ2v) is 3.37. The van der Waals surface area contributed by atoms with Gasteiger partial charge in [-0.2, -0.15) is 5.26 Å². The van der Waals surface area contributed by atoms with Gasteiger partial charge in [-0.15, -0.1) is 6.58 Å². The molecule has 0 aromatic heterocycles. The number of nitriles is 1. The van der Waals surface area contributed by atoms with Gasteiger partial charge in [0.2, 0.25) is 5.91 Å². The molecule has 88 valence electrons. The van der Waals surface area contributed by atoms with Crippen molar-refractivity contribution in [2.75, 3.05) is 18.5 Å². The van der Waals surface area contributed by atoms with Crippen LogP contribution < -0.4 is 5.32 Å². The van der Waals surface area contributed by atoms with E-state index >= 15 is 0 Å².